The zero-order chi connectivity index (χ0) is 18.7. The smallest absolute Gasteiger partial charge is 0.0547 e. The Labute approximate surface area is 167 Å². The van der Waals surface area contributed by atoms with Gasteiger partial charge in [-0.2, -0.15) is 0 Å². The highest BCUT2D eigenvalue weighted by Crippen LogP contribution is 2.37. The molecule has 0 saturated heterocycles. The molecular formula is C26H16ClN. The molecule has 0 bridgehead atoms. The van der Waals surface area contributed by atoms with Crippen molar-refractivity contribution in [2.45, 2.75) is 0 Å². The van der Waals surface area contributed by atoms with Crippen LogP contribution < -0.4 is 0 Å². The van der Waals surface area contributed by atoms with E-state index >= 15 is 0 Å². The Morgan fingerprint density at radius 3 is 2.07 bits per heavy atom. The zero-order valence-electron chi connectivity index (χ0n) is 15.1. The second kappa shape index (κ2) is 5.85. The molecule has 0 spiro atoms. The number of rotatable bonds is 1. The van der Waals surface area contributed by atoms with Crippen molar-refractivity contribution in [3.05, 3.63) is 102 Å². The van der Waals surface area contributed by atoms with E-state index < -0.39 is 0 Å². The molecule has 0 atom stereocenters. The van der Waals surface area contributed by atoms with Crippen molar-refractivity contribution in [3.63, 3.8) is 0 Å². The topological polar surface area (TPSA) is 4.93 Å². The summed E-state index contributed by atoms with van der Waals surface area (Å²) < 4.78 is 2.37. The molecule has 0 aliphatic carbocycles. The van der Waals surface area contributed by atoms with Gasteiger partial charge >= 0.3 is 0 Å². The summed E-state index contributed by atoms with van der Waals surface area (Å²) in [6.07, 6.45) is 0. The summed E-state index contributed by atoms with van der Waals surface area (Å²) in [5.74, 6) is 0. The lowest BCUT2D eigenvalue weighted by Crippen LogP contribution is -1.95. The van der Waals surface area contributed by atoms with Crippen LogP contribution in [0.5, 0.6) is 0 Å². The normalized spacial score (nSPS) is 11.8. The largest absolute Gasteiger partial charge is 0.309 e. The van der Waals surface area contributed by atoms with Crippen molar-refractivity contribution in [1.29, 1.82) is 0 Å². The van der Waals surface area contributed by atoms with E-state index in [-0.39, 0.29) is 0 Å². The quantitative estimate of drug-likeness (QED) is 0.276. The highest BCUT2D eigenvalue weighted by Gasteiger charge is 2.15. The van der Waals surface area contributed by atoms with Crippen LogP contribution in [0.25, 0.3) is 49.0 Å². The first kappa shape index (κ1) is 15.7. The molecule has 1 aromatic heterocycles. The maximum absolute atomic E-state index is 6.50. The van der Waals surface area contributed by atoms with E-state index in [9.17, 15) is 0 Å². The summed E-state index contributed by atoms with van der Waals surface area (Å²) in [4.78, 5) is 0. The first-order chi connectivity index (χ1) is 13.8. The third-order valence-electron chi connectivity index (χ3n) is 5.63. The molecule has 28 heavy (non-hydrogen) atoms. The Bertz CT molecular complexity index is 1520. The highest BCUT2D eigenvalue weighted by atomic mass is 35.5. The number of halogens is 1. The molecule has 0 N–H and O–H groups in total. The fourth-order valence-corrected chi connectivity index (χ4v) is 4.60. The van der Waals surface area contributed by atoms with Gasteiger partial charge < -0.3 is 4.57 Å². The SMILES string of the molecule is Clc1cccc2c(-n3c4ccccc4c4cc5ccccc5cc43)cccc12. The van der Waals surface area contributed by atoms with Crippen molar-refractivity contribution >= 4 is 55.0 Å². The van der Waals surface area contributed by atoms with Gasteiger partial charge in [-0.1, -0.05) is 78.3 Å². The van der Waals surface area contributed by atoms with Gasteiger partial charge in [0.05, 0.1) is 16.7 Å². The monoisotopic (exact) mass is 377 g/mol. The van der Waals surface area contributed by atoms with Gasteiger partial charge in [0, 0.05) is 26.6 Å². The number of hydrogen-bond donors (Lipinski definition) is 0. The fourth-order valence-electron chi connectivity index (χ4n) is 4.36. The maximum atomic E-state index is 6.50. The van der Waals surface area contributed by atoms with Crippen molar-refractivity contribution < 1.29 is 0 Å². The number of benzene rings is 5. The maximum Gasteiger partial charge on any atom is 0.0547 e. The Kier molecular flexibility index (Phi) is 3.29. The van der Waals surface area contributed by atoms with Gasteiger partial charge in [-0.3, -0.25) is 0 Å². The minimum atomic E-state index is 0.783. The molecular weight excluding hydrogens is 362 g/mol. The molecule has 6 rings (SSSR count). The van der Waals surface area contributed by atoms with Crippen molar-refractivity contribution in [1.82, 2.24) is 4.57 Å². The lowest BCUT2D eigenvalue weighted by atomic mass is 10.1. The third kappa shape index (κ3) is 2.14. The van der Waals surface area contributed by atoms with Crippen LogP contribution in [0.4, 0.5) is 0 Å². The Balaban J connectivity index is 1.85. The lowest BCUT2D eigenvalue weighted by Gasteiger charge is -2.12. The number of aromatic nitrogens is 1. The molecule has 0 aliphatic rings. The first-order valence-corrected chi connectivity index (χ1v) is 9.79. The lowest BCUT2D eigenvalue weighted by molar-refractivity contribution is 1.20. The van der Waals surface area contributed by atoms with Crippen LogP contribution in [-0.2, 0) is 0 Å². The van der Waals surface area contributed by atoms with Crippen LogP contribution >= 0.6 is 11.6 Å². The number of fused-ring (bicyclic) bond motifs is 5. The minimum Gasteiger partial charge on any atom is -0.309 e. The van der Waals surface area contributed by atoms with Crippen LogP contribution in [0.2, 0.25) is 5.02 Å². The summed E-state index contributed by atoms with van der Waals surface area (Å²) in [6.45, 7) is 0. The third-order valence-corrected chi connectivity index (χ3v) is 5.96. The second-order valence-electron chi connectivity index (χ2n) is 7.18. The Morgan fingerprint density at radius 1 is 0.500 bits per heavy atom. The predicted octanol–water partition coefficient (Wildman–Crippen LogP) is 7.74. The van der Waals surface area contributed by atoms with E-state index in [4.69, 9.17) is 11.6 Å². The van der Waals surface area contributed by atoms with E-state index in [0.29, 0.717) is 0 Å². The van der Waals surface area contributed by atoms with Crippen LogP contribution in [0.1, 0.15) is 0 Å². The summed E-state index contributed by atoms with van der Waals surface area (Å²) in [7, 11) is 0. The Morgan fingerprint density at radius 2 is 1.18 bits per heavy atom. The Hall–Kier alpha value is -3.29. The van der Waals surface area contributed by atoms with E-state index in [1.54, 1.807) is 0 Å². The molecule has 0 saturated carbocycles. The van der Waals surface area contributed by atoms with Crippen LogP contribution in [0.15, 0.2) is 97.1 Å². The van der Waals surface area contributed by atoms with Gasteiger partial charge in [-0.15, -0.1) is 0 Å². The average Bonchev–Trinajstić information content (AvgIpc) is 3.05. The predicted molar refractivity (Wildman–Crippen MR) is 121 cm³/mol. The van der Waals surface area contributed by atoms with Gasteiger partial charge in [0.2, 0.25) is 0 Å². The molecule has 1 nitrogen and oxygen atoms in total. The molecule has 0 aliphatic heterocycles. The summed E-state index contributed by atoms with van der Waals surface area (Å²) in [6, 6.07) is 34.3. The summed E-state index contributed by atoms with van der Waals surface area (Å²) >= 11 is 6.50. The number of hydrogen-bond acceptors (Lipinski definition) is 0. The summed E-state index contributed by atoms with van der Waals surface area (Å²) in [5.41, 5.74) is 3.58. The first-order valence-electron chi connectivity index (χ1n) is 9.41. The fraction of sp³-hybridized carbons (Fsp3) is 0. The van der Waals surface area contributed by atoms with Gasteiger partial charge in [0.15, 0.2) is 0 Å². The molecule has 132 valence electrons. The molecule has 0 fully saturated rings. The van der Waals surface area contributed by atoms with Crippen molar-refractivity contribution in [3.8, 4) is 5.69 Å². The van der Waals surface area contributed by atoms with E-state index in [1.165, 1.54) is 32.6 Å². The number of para-hydroxylation sites is 1. The van der Waals surface area contributed by atoms with Crippen LogP contribution in [0.3, 0.4) is 0 Å². The van der Waals surface area contributed by atoms with Crippen molar-refractivity contribution in [2.24, 2.45) is 0 Å². The standard InChI is InChI=1S/C26H16ClN/c27-23-12-5-11-20-19(23)10-6-14-25(20)28-24-13-4-3-9-21(24)22-15-17-7-1-2-8-18(17)16-26(22)28/h1-16H. The number of nitrogens with zero attached hydrogens (tertiary/aromatic N) is 1. The molecule has 0 unspecified atom stereocenters. The second-order valence-corrected chi connectivity index (χ2v) is 7.59. The molecule has 2 heteroatoms. The average molecular weight is 378 g/mol. The van der Waals surface area contributed by atoms with Gasteiger partial charge in [0.1, 0.15) is 0 Å². The van der Waals surface area contributed by atoms with E-state index in [2.05, 4.69) is 89.5 Å². The molecule has 6 aromatic rings. The molecule has 1 heterocycles. The van der Waals surface area contributed by atoms with E-state index in [0.717, 1.165) is 21.5 Å². The van der Waals surface area contributed by atoms with Gasteiger partial charge in [-0.25, -0.2) is 0 Å². The van der Waals surface area contributed by atoms with Crippen LogP contribution in [0, 0.1) is 0 Å². The van der Waals surface area contributed by atoms with Crippen LogP contribution in [-0.4, -0.2) is 4.57 Å². The molecule has 5 aromatic carbocycles. The zero-order valence-corrected chi connectivity index (χ0v) is 15.8. The molecule has 0 amide bonds. The van der Waals surface area contributed by atoms with Gasteiger partial charge in [0.25, 0.3) is 0 Å². The van der Waals surface area contributed by atoms with Crippen molar-refractivity contribution in [2.75, 3.05) is 0 Å². The van der Waals surface area contributed by atoms with Gasteiger partial charge in [-0.05, 0) is 41.1 Å². The minimum absolute atomic E-state index is 0.783. The van der Waals surface area contributed by atoms with E-state index in [1.807, 2.05) is 12.1 Å². The molecule has 0 radical (unpaired) electrons. The summed E-state index contributed by atoms with van der Waals surface area (Å²) in [5, 5.41) is 8.07. The highest BCUT2D eigenvalue weighted by molar-refractivity contribution is 6.35.